The Bertz CT molecular complexity index is 579. The van der Waals surface area contributed by atoms with E-state index in [-0.39, 0.29) is 5.84 Å². The minimum absolute atomic E-state index is 0.0567. The van der Waals surface area contributed by atoms with Gasteiger partial charge < -0.3 is 5.73 Å². The molecule has 3 N–H and O–H groups in total. The van der Waals surface area contributed by atoms with Crippen molar-refractivity contribution in [1.82, 2.24) is 0 Å². The highest BCUT2D eigenvalue weighted by atomic mass is 14.7. The van der Waals surface area contributed by atoms with E-state index in [1.54, 1.807) is 12.1 Å². The van der Waals surface area contributed by atoms with Gasteiger partial charge >= 0.3 is 0 Å². The summed E-state index contributed by atoms with van der Waals surface area (Å²) in [7, 11) is 0. The van der Waals surface area contributed by atoms with Crippen LogP contribution in [0.1, 0.15) is 11.1 Å². The largest absolute Gasteiger partial charge is 0.384 e. The third kappa shape index (κ3) is 1.65. The summed E-state index contributed by atoms with van der Waals surface area (Å²) in [5.74, 6) is 0.0567. The van der Waals surface area contributed by atoms with Crippen molar-refractivity contribution in [2.45, 2.75) is 0 Å². The lowest BCUT2D eigenvalue weighted by atomic mass is 10.0. The number of hydrogen-bond donors (Lipinski definition) is 2. The lowest BCUT2D eigenvalue weighted by molar-refractivity contribution is 1.43. The topological polar surface area (TPSA) is 73.7 Å². The van der Waals surface area contributed by atoms with Gasteiger partial charge in [-0.3, -0.25) is 5.41 Å². The predicted octanol–water partition coefficient (Wildman–Crippen LogP) is 2.00. The molecule has 0 aliphatic rings. The molecule has 0 radical (unpaired) electrons. The maximum Gasteiger partial charge on any atom is 0.122 e. The minimum atomic E-state index is 0.0567. The van der Waals surface area contributed by atoms with Crippen molar-refractivity contribution in [2.75, 3.05) is 0 Å². The van der Waals surface area contributed by atoms with Crippen molar-refractivity contribution in [1.29, 1.82) is 10.7 Å². The molecule has 0 unspecified atom stereocenters. The summed E-state index contributed by atoms with van der Waals surface area (Å²) >= 11 is 0. The molecule has 0 spiro atoms. The molecule has 0 heterocycles. The number of nitrogens with two attached hydrogens (primary N) is 1. The first-order valence-corrected chi connectivity index (χ1v) is 4.49. The van der Waals surface area contributed by atoms with Crippen LogP contribution >= 0.6 is 0 Å². The van der Waals surface area contributed by atoms with E-state index in [1.165, 1.54) is 0 Å². The van der Waals surface area contributed by atoms with Crippen LogP contribution in [-0.4, -0.2) is 5.84 Å². The zero-order chi connectivity index (χ0) is 10.8. The van der Waals surface area contributed by atoms with Crippen LogP contribution in [0.5, 0.6) is 0 Å². The molecule has 2 aromatic carbocycles. The second-order valence-electron chi connectivity index (χ2n) is 3.30. The van der Waals surface area contributed by atoms with Crippen LogP contribution in [0.2, 0.25) is 0 Å². The number of fused-ring (bicyclic) bond motifs is 1. The van der Waals surface area contributed by atoms with E-state index in [1.807, 2.05) is 24.3 Å². The summed E-state index contributed by atoms with van der Waals surface area (Å²) in [4.78, 5) is 0. The van der Waals surface area contributed by atoms with Crippen LogP contribution in [0.15, 0.2) is 36.4 Å². The van der Waals surface area contributed by atoms with Crippen molar-refractivity contribution < 1.29 is 0 Å². The van der Waals surface area contributed by atoms with E-state index < -0.39 is 0 Å². The van der Waals surface area contributed by atoms with Gasteiger partial charge in [-0.2, -0.15) is 5.26 Å². The second kappa shape index (κ2) is 3.43. The zero-order valence-corrected chi connectivity index (χ0v) is 7.99. The molecule has 3 heteroatoms. The van der Waals surface area contributed by atoms with Crippen LogP contribution < -0.4 is 5.73 Å². The minimum Gasteiger partial charge on any atom is -0.384 e. The van der Waals surface area contributed by atoms with E-state index in [4.69, 9.17) is 16.4 Å². The van der Waals surface area contributed by atoms with Crippen molar-refractivity contribution in [3.05, 3.63) is 47.5 Å². The fourth-order valence-electron chi connectivity index (χ4n) is 1.48. The summed E-state index contributed by atoms with van der Waals surface area (Å²) in [5.41, 5.74) is 6.73. The van der Waals surface area contributed by atoms with Gasteiger partial charge in [0.1, 0.15) is 5.84 Å². The molecule has 0 aliphatic heterocycles. The highest BCUT2D eigenvalue weighted by molar-refractivity contribution is 5.99. The van der Waals surface area contributed by atoms with Gasteiger partial charge in [-0.1, -0.05) is 18.2 Å². The number of rotatable bonds is 1. The highest BCUT2D eigenvalue weighted by Gasteiger charge is 1.99. The Hall–Kier alpha value is -2.34. The quantitative estimate of drug-likeness (QED) is 0.539. The Labute approximate surface area is 87.3 Å². The monoisotopic (exact) mass is 195 g/mol. The molecule has 2 aromatic rings. The normalized spacial score (nSPS) is 9.80. The molecule has 0 atom stereocenters. The summed E-state index contributed by atoms with van der Waals surface area (Å²) in [6, 6.07) is 13.0. The first-order chi connectivity index (χ1) is 7.20. The van der Waals surface area contributed by atoms with Gasteiger partial charge in [0.25, 0.3) is 0 Å². The first kappa shape index (κ1) is 9.22. The lowest BCUT2D eigenvalue weighted by Crippen LogP contribution is -2.10. The molecule has 0 amide bonds. The number of hydrogen-bond acceptors (Lipinski definition) is 2. The van der Waals surface area contributed by atoms with Gasteiger partial charge in [0, 0.05) is 5.56 Å². The Kier molecular flexibility index (Phi) is 2.11. The third-order valence-electron chi connectivity index (χ3n) is 2.28. The standard InChI is InChI=1S/C12H9N3/c13-7-8-1-2-10-6-11(12(14)15)4-3-9(10)5-8/h1-6H,(H3,14,15). The molecule has 3 nitrogen and oxygen atoms in total. The molecule has 0 aliphatic carbocycles. The van der Waals surface area contributed by atoms with Crippen molar-refractivity contribution in [3.63, 3.8) is 0 Å². The van der Waals surface area contributed by atoms with Crippen LogP contribution in [0, 0.1) is 16.7 Å². The third-order valence-corrected chi connectivity index (χ3v) is 2.28. The maximum atomic E-state index is 8.74. The Morgan fingerprint density at radius 1 is 1.13 bits per heavy atom. The van der Waals surface area contributed by atoms with Gasteiger partial charge in [-0.15, -0.1) is 0 Å². The number of nitrogens with zero attached hydrogens (tertiary/aromatic N) is 1. The molecular formula is C12H9N3. The van der Waals surface area contributed by atoms with Gasteiger partial charge in [0.05, 0.1) is 11.6 Å². The SMILES string of the molecule is N#Cc1ccc2cc(C(=N)N)ccc2c1. The van der Waals surface area contributed by atoms with Crippen molar-refractivity contribution >= 4 is 16.6 Å². The van der Waals surface area contributed by atoms with Gasteiger partial charge in [0.2, 0.25) is 0 Å². The molecule has 15 heavy (non-hydrogen) atoms. The smallest absolute Gasteiger partial charge is 0.122 e. The number of nitriles is 1. The van der Waals surface area contributed by atoms with Crippen molar-refractivity contribution in [3.8, 4) is 6.07 Å². The molecule has 0 saturated carbocycles. The lowest BCUT2D eigenvalue weighted by Gasteiger charge is -2.01. The van der Waals surface area contributed by atoms with Crippen molar-refractivity contribution in [2.24, 2.45) is 5.73 Å². The summed E-state index contributed by atoms with van der Waals surface area (Å²) < 4.78 is 0. The molecule has 0 fully saturated rings. The Morgan fingerprint density at radius 3 is 2.47 bits per heavy atom. The van der Waals surface area contributed by atoms with Crippen LogP contribution in [0.25, 0.3) is 10.8 Å². The molecule has 72 valence electrons. The van der Waals surface area contributed by atoms with Crippen LogP contribution in [0.3, 0.4) is 0 Å². The number of nitrogens with one attached hydrogen (secondary N) is 1. The second-order valence-corrected chi connectivity index (χ2v) is 3.30. The maximum absolute atomic E-state index is 8.74. The molecular weight excluding hydrogens is 186 g/mol. The molecule has 2 rings (SSSR count). The van der Waals surface area contributed by atoms with Gasteiger partial charge in [-0.25, -0.2) is 0 Å². The molecule has 0 saturated heterocycles. The molecule has 0 aromatic heterocycles. The number of nitrogen functional groups attached to an aromatic ring is 1. The van der Waals surface area contributed by atoms with E-state index in [0.29, 0.717) is 11.1 Å². The van der Waals surface area contributed by atoms with Gasteiger partial charge in [0.15, 0.2) is 0 Å². The number of benzene rings is 2. The average molecular weight is 195 g/mol. The van der Waals surface area contributed by atoms with E-state index in [9.17, 15) is 0 Å². The average Bonchev–Trinajstić information content (AvgIpc) is 2.27. The zero-order valence-electron chi connectivity index (χ0n) is 7.99. The summed E-state index contributed by atoms with van der Waals surface area (Å²) in [6.45, 7) is 0. The Morgan fingerprint density at radius 2 is 1.80 bits per heavy atom. The van der Waals surface area contributed by atoms with Gasteiger partial charge in [-0.05, 0) is 29.0 Å². The van der Waals surface area contributed by atoms with Crippen LogP contribution in [-0.2, 0) is 0 Å². The number of amidine groups is 1. The highest BCUT2D eigenvalue weighted by Crippen LogP contribution is 2.17. The van der Waals surface area contributed by atoms with Crippen LogP contribution in [0.4, 0.5) is 0 Å². The predicted molar refractivity (Wildman–Crippen MR) is 59.7 cm³/mol. The summed E-state index contributed by atoms with van der Waals surface area (Å²) in [6.07, 6.45) is 0. The first-order valence-electron chi connectivity index (χ1n) is 4.49. The summed E-state index contributed by atoms with van der Waals surface area (Å²) in [5, 5.41) is 18.0. The Balaban J connectivity index is 2.66. The van der Waals surface area contributed by atoms with E-state index >= 15 is 0 Å². The van der Waals surface area contributed by atoms with E-state index in [0.717, 1.165) is 10.8 Å². The fraction of sp³-hybridized carbons (Fsp3) is 0. The fourth-order valence-corrected chi connectivity index (χ4v) is 1.48. The molecule has 0 bridgehead atoms. The van der Waals surface area contributed by atoms with E-state index in [2.05, 4.69) is 6.07 Å².